The molecular formula is C16H22N2O4. The Morgan fingerprint density at radius 1 is 1.09 bits per heavy atom. The van der Waals surface area contributed by atoms with Crippen LogP contribution in [0.4, 0.5) is 5.69 Å². The lowest BCUT2D eigenvalue weighted by Gasteiger charge is -2.21. The van der Waals surface area contributed by atoms with Crippen LogP contribution in [0.3, 0.4) is 0 Å². The average Bonchev–Trinajstić information content (AvgIpc) is 2.36. The largest absolute Gasteiger partial charge is 0.481 e. The van der Waals surface area contributed by atoms with Crippen molar-refractivity contribution in [1.29, 1.82) is 0 Å². The third-order valence-electron chi connectivity index (χ3n) is 3.09. The molecule has 22 heavy (non-hydrogen) atoms. The van der Waals surface area contributed by atoms with E-state index in [1.54, 1.807) is 52.2 Å². The summed E-state index contributed by atoms with van der Waals surface area (Å²) in [6, 6.07) is 6.58. The van der Waals surface area contributed by atoms with Gasteiger partial charge < -0.3 is 15.3 Å². The van der Waals surface area contributed by atoms with E-state index in [0.717, 1.165) is 0 Å². The Kier molecular flexibility index (Phi) is 5.68. The third kappa shape index (κ3) is 5.55. The van der Waals surface area contributed by atoms with E-state index in [1.165, 1.54) is 4.90 Å². The highest BCUT2D eigenvalue weighted by molar-refractivity contribution is 5.95. The van der Waals surface area contributed by atoms with Gasteiger partial charge in [0.1, 0.15) is 0 Å². The summed E-state index contributed by atoms with van der Waals surface area (Å²) < 4.78 is 0. The van der Waals surface area contributed by atoms with Crippen molar-refractivity contribution >= 4 is 23.5 Å². The summed E-state index contributed by atoms with van der Waals surface area (Å²) >= 11 is 0. The Bertz CT molecular complexity index is 562. The van der Waals surface area contributed by atoms with Crippen molar-refractivity contribution in [2.24, 2.45) is 5.41 Å². The van der Waals surface area contributed by atoms with Gasteiger partial charge in [0, 0.05) is 31.8 Å². The number of rotatable bonds is 6. The molecule has 1 aromatic carbocycles. The van der Waals surface area contributed by atoms with Gasteiger partial charge in [-0.2, -0.15) is 0 Å². The van der Waals surface area contributed by atoms with Crippen LogP contribution in [0, 0.1) is 5.41 Å². The molecule has 0 saturated carbocycles. The molecule has 120 valence electrons. The minimum absolute atomic E-state index is 0.0727. The lowest BCUT2D eigenvalue weighted by molar-refractivity contribution is -0.139. The molecule has 0 fully saturated rings. The fourth-order valence-corrected chi connectivity index (χ4v) is 2.07. The van der Waals surface area contributed by atoms with Crippen LogP contribution in [-0.4, -0.2) is 41.9 Å². The minimum atomic E-state index is -0.927. The van der Waals surface area contributed by atoms with Gasteiger partial charge in [-0.15, -0.1) is 0 Å². The average molecular weight is 306 g/mol. The van der Waals surface area contributed by atoms with Crippen molar-refractivity contribution in [2.45, 2.75) is 26.7 Å². The Morgan fingerprint density at radius 2 is 1.64 bits per heavy atom. The van der Waals surface area contributed by atoms with Crippen LogP contribution < -0.4 is 5.32 Å². The van der Waals surface area contributed by atoms with Crippen LogP contribution in [-0.2, 0) is 9.59 Å². The molecule has 6 nitrogen and oxygen atoms in total. The van der Waals surface area contributed by atoms with Crippen molar-refractivity contribution in [1.82, 2.24) is 4.90 Å². The highest BCUT2D eigenvalue weighted by atomic mass is 16.4. The van der Waals surface area contributed by atoms with E-state index in [1.807, 2.05) is 0 Å². The van der Waals surface area contributed by atoms with Gasteiger partial charge in [-0.05, 0) is 29.7 Å². The number of nitrogens with one attached hydrogen (secondary N) is 1. The monoisotopic (exact) mass is 306 g/mol. The number of amides is 2. The van der Waals surface area contributed by atoms with E-state index in [-0.39, 0.29) is 24.7 Å². The van der Waals surface area contributed by atoms with E-state index in [0.29, 0.717) is 11.3 Å². The molecule has 0 atom stereocenters. The van der Waals surface area contributed by atoms with Gasteiger partial charge in [-0.25, -0.2) is 0 Å². The normalized spacial score (nSPS) is 10.9. The van der Waals surface area contributed by atoms with E-state index < -0.39 is 11.4 Å². The Morgan fingerprint density at radius 3 is 2.09 bits per heavy atom. The molecule has 1 rings (SSSR count). The maximum absolute atomic E-state index is 12.0. The summed E-state index contributed by atoms with van der Waals surface area (Å²) in [6.07, 6.45) is 0.0361. The predicted octanol–water partition coefficient (Wildman–Crippen LogP) is 2.22. The number of carboxylic acids is 1. The number of hydrogen-bond acceptors (Lipinski definition) is 3. The van der Waals surface area contributed by atoms with Gasteiger partial charge in [0.05, 0.1) is 6.42 Å². The highest BCUT2D eigenvalue weighted by Gasteiger charge is 2.25. The van der Waals surface area contributed by atoms with Crippen LogP contribution in [0.15, 0.2) is 24.3 Å². The summed E-state index contributed by atoms with van der Waals surface area (Å²) in [4.78, 5) is 35.9. The van der Waals surface area contributed by atoms with Crippen molar-refractivity contribution < 1.29 is 19.5 Å². The number of carbonyl (C=O) groups is 3. The molecule has 2 amide bonds. The van der Waals surface area contributed by atoms with Gasteiger partial charge in [-0.3, -0.25) is 14.4 Å². The molecule has 0 aromatic heterocycles. The molecule has 0 unspecified atom stereocenters. The number of carboxylic acid groups (broad SMARTS) is 1. The maximum atomic E-state index is 12.0. The van der Waals surface area contributed by atoms with Gasteiger partial charge in [0.15, 0.2) is 0 Å². The van der Waals surface area contributed by atoms with Crippen LogP contribution in [0.2, 0.25) is 0 Å². The summed E-state index contributed by atoms with van der Waals surface area (Å²) in [7, 11) is 3.34. The van der Waals surface area contributed by atoms with Gasteiger partial charge >= 0.3 is 5.97 Å². The summed E-state index contributed by atoms with van der Waals surface area (Å²) in [6.45, 7) is 3.47. The first-order chi connectivity index (χ1) is 10.1. The van der Waals surface area contributed by atoms with E-state index >= 15 is 0 Å². The lowest BCUT2D eigenvalue weighted by Crippen LogP contribution is -2.25. The Labute approximate surface area is 130 Å². The van der Waals surface area contributed by atoms with Crippen molar-refractivity contribution in [2.75, 3.05) is 19.4 Å². The quantitative estimate of drug-likeness (QED) is 0.843. The van der Waals surface area contributed by atoms with Gasteiger partial charge in [-0.1, -0.05) is 13.8 Å². The fraction of sp³-hybridized carbons (Fsp3) is 0.438. The van der Waals surface area contributed by atoms with E-state index in [2.05, 4.69) is 5.32 Å². The van der Waals surface area contributed by atoms with E-state index in [4.69, 9.17) is 5.11 Å². The second-order valence-electron chi connectivity index (χ2n) is 6.24. The standard InChI is InChI=1S/C16H22N2O4/c1-16(2,10-14(20)21)9-13(19)17-12-7-5-11(6-8-12)15(22)18(3)4/h5-8H,9-10H2,1-4H3,(H,17,19)(H,20,21). The number of aliphatic carboxylic acids is 1. The van der Waals surface area contributed by atoms with Crippen LogP contribution in [0.5, 0.6) is 0 Å². The molecule has 0 aliphatic heterocycles. The Hall–Kier alpha value is -2.37. The smallest absolute Gasteiger partial charge is 0.303 e. The SMILES string of the molecule is CN(C)C(=O)c1ccc(NC(=O)CC(C)(C)CC(=O)O)cc1. The molecule has 0 aliphatic carbocycles. The van der Waals surface area contributed by atoms with Crippen molar-refractivity contribution in [3.63, 3.8) is 0 Å². The lowest BCUT2D eigenvalue weighted by atomic mass is 9.85. The highest BCUT2D eigenvalue weighted by Crippen LogP contribution is 2.25. The van der Waals surface area contributed by atoms with E-state index in [9.17, 15) is 14.4 Å². The van der Waals surface area contributed by atoms with Gasteiger partial charge in [0.25, 0.3) is 5.91 Å². The first-order valence-electron chi connectivity index (χ1n) is 6.94. The zero-order chi connectivity index (χ0) is 16.9. The third-order valence-corrected chi connectivity index (χ3v) is 3.09. The predicted molar refractivity (Wildman–Crippen MR) is 83.7 cm³/mol. The molecule has 0 heterocycles. The molecular weight excluding hydrogens is 284 g/mol. The second-order valence-corrected chi connectivity index (χ2v) is 6.24. The molecule has 0 saturated heterocycles. The summed E-state index contributed by atoms with van der Waals surface area (Å²) in [5, 5.41) is 11.5. The number of hydrogen-bond donors (Lipinski definition) is 2. The maximum Gasteiger partial charge on any atom is 0.303 e. The van der Waals surface area contributed by atoms with Crippen molar-refractivity contribution in [3.05, 3.63) is 29.8 Å². The second kappa shape index (κ2) is 7.06. The molecule has 0 aliphatic rings. The molecule has 0 bridgehead atoms. The number of carbonyl (C=O) groups excluding carboxylic acids is 2. The molecule has 1 aromatic rings. The van der Waals surface area contributed by atoms with Crippen LogP contribution in [0.25, 0.3) is 0 Å². The number of nitrogens with zero attached hydrogens (tertiary/aromatic N) is 1. The molecule has 0 spiro atoms. The minimum Gasteiger partial charge on any atom is -0.481 e. The van der Waals surface area contributed by atoms with Crippen molar-refractivity contribution in [3.8, 4) is 0 Å². The molecule has 2 N–H and O–H groups in total. The van der Waals surface area contributed by atoms with Crippen LogP contribution in [0.1, 0.15) is 37.0 Å². The molecule has 0 radical (unpaired) electrons. The topological polar surface area (TPSA) is 86.7 Å². The summed E-state index contributed by atoms with van der Waals surface area (Å²) in [5.74, 6) is -1.29. The fourth-order valence-electron chi connectivity index (χ4n) is 2.07. The summed E-state index contributed by atoms with van der Waals surface area (Å²) in [5.41, 5.74) is 0.497. The first kappa shape index (κ1) is 17.7. The zero-order valence-electron chi connectivity index (χ0n) is 13.3. The first-order valence-corrected chi connectivity index (χ1v) is 6.94. The Balaban J connectivity index is 2.66. The number of benzene rings is 1. The zero-order valence-corrected chi connectivity index (χ0v) is 13.3. The van der Waals surface area contributed by atoms with Crippen LogP contribution >= 0.6 is 0 Å². The number of anilines is 1. The van der Waals surface area contributed by atoms with Gasteiger partial charge in [0.2, 0.25) is 5.91 Å². The molecule has 6 heteroatoms.